The highest BCUT2D eigenvalue weighted by molar-refractivity contribution is 8.00. The first-order chi connectivity index (χ1) is 7.66. The van der Waals surface area contributed by atoms with Crippen molar-refractivity contribution in [3.63, 3.8) is 0 Å². The lowest BCUT2D eigenvalue weighted by Crippen LogP contribution is -2.16. The average Bonchev–Trinajstić information content (AvgIpc) is 2.99. The first kappa shape index (κ1) is 12.3. The monoisotopic (exact) mass is 255 g/mol. The summed E-state index contributed by atoms with van der Waals surface area (Å²) in [5.41, 5.74) is 1.26. The van der Waals surface area contributed by atoms with Gasteiger partial charge in [-0.15, -0.1) is 11.8 Å². The van der Waals surface area contributed by atoms with Crippen molar-refractivity contribution in [3.05, 3.63) is 28.8 Å². The normalized spacial score (nSPS) is 15.8. The van der Waals surface area contributed by atoms with Crippen LogP contribution >= 0.6 is 23.4 Å². The van der Waals surface area contributed by atoms with Gasteiger partial charge in [-0.1, -0.05) is 31.5 Å². The van der Waals surface area contributed by atoms with Crippen molar-refractivity contribution < 1.29 is 0 Å². The maximum Gasteiger partial charge on any atom is 0.0462 e. The van der Waals surface area contributed by atoms with Crippen LogP contribution in [0.25, 0.3) is 0 Å². The lowest BCUT2D eigenvalue weighted by atomic mass is 10.2. The topological polar surface area (TPSA) is 12.0 Å². The summed E-state index contributed by atoms with van der Waals surface area (Å²) in [6.07, 6.45) is 2.63. The van der Waals surface area contributed by atoms with Crippen LogP contribution in [0.4, 0.5) is 0 Å². The quantitative estimate of drug-likeness (QED) is 0.796. The van der Waals surface area contributed by atoms with Crippen molar-refractivity contribution in [2.75, 3.05) is 0 Å². The van der Waals surface area contributed by atoms with Crippen molar-refractivity contribution in [3.8, 4) is 0 Å². The van der Waals surface area contributed by atoms with Gasteiger partial charge in [-0.3, -0.25) is 0 Å². The van der Waals surface area contributed by atoms with Crippen LogP contribution in [0.5, 0.6) is 0 Å². The fourth-order valence-corrected chi connectivity index (χ4v) is 2.90. The average molecular weight is 256 g/mol. The van der Waals surface area contributed by atoms with Crippen molar-refractivity contribution in [2.45, 2.75) is 49.4 Å². The first-order valence-electron chi connectivity index (χ1n) is 5.84. The van der Waals surface area contributed by atoms with E-state index >= 15 is 0 Å². The van der Waals surface area contributed by atoms with Crippen LogP contribution in [0.2, 0.25) is 5.02 Å². The number of benzene rings is 1. The van der Waals surface area contributed by atoms with Gasteiger partial charge in [0.05, 0.1) is 0 Å². The molecule has 1 aromatic rings. The van der Waals surface area contributed by atoms with Gasteiger partial charge in [0.15, 0.2) is 0 Å². The van der Waals surface area contributed by atoms with Gasteiger partial charge in [0, 0.05) is 27.8 Å². The van der Waals surface area contributed by atoms with E-state index in [4.69, 9.17) is 11.6 Å². The molecule has 1 fully saturated rings. The SMILES string of the molecule is CC(C)Sc1cccc(Cl)c1CNC1CC1. The van der Waals surface area contributed by atoms with Crippen LogP contribution in [0, 0.1) is 0 Å². The van der Waals surface area contributed by atoms with E-state index < -0.39 is 0 Å². The second-order valence-electron chi connectivity index (χ2n) is 4.54. The molecule has 0 aliphatic heterocycles. The standard InChI is InChI=1S/C13H18ClNS/c1-9(2)16-13-5-3-4-12(14)11(13)8-15-10-6-7-10/h3-5,9-10,15H,6-8H2,1-2H3. The maximum atomic E-state index is 6.26. The summed E-state index contributed by atoms with van der Waals surface area (Å²) >= 11 is 8.15. The van der Waals surface area contributed by atoms with Crippen LogP contribution in [0.15, 0.2) is 23.1 Å². The molecule has 0 amide bonds. The Labute approximate surface area is 107 Å². The molecule has 88 valence electrons. The van der Waals surface area contributed by atoms with Crippen LogP contribution in [0.3, 0.4) is 0 Å². The van der Waals surface area contributed by atoms with Crippen LogP contribution in [-0.2, 0) is 6.54 Å². The summed E-state index contributed by atoms with van der Waals surface area (Å²) in [6, 6.07) is 6.91. The first-order valence-corrected chi connectivity index (χ1v) is 7.10. The van der Waals surface area contributed by atoms with E-state index in [1.165, 1.54) is 23.3 Å². The Hall–Kier alpha value is -0.180. The lowest BCUT2D eigenvalue weighted by molar-refractivity contribution is 0.680. The van der Waals surface area contributed by atoms with Crippen LogP contribution in [-0.4, -0.2) is 11.3 Å². The van der Waals surface area contributed by atoms with Gasteiger partial charge in [0.25, 0.3) is 0 Å². The third-order valence-corrected chi connectivity index (χ3v) is 4.05. The highest BCUT2D eigenvalue weighted by atomic mass is 35.5. The van der Waals surface area contributed by atoms with Crippen molar-refractivity contribution in [2.24, 2.45) is 0 Å². The number of rotatable bonds is 5. The van der Waals surface area contributed by atoms with E-state index in [0.717, 1.165) is 17.6 Å². The second-order valence-corrected chi connectivity index (χ2v) is 6.56. The number of nitrogens with one attached hydrogen (secondary N) is 1. The van der Waals surface area contributed by atoms with Gasteiger partial charge < -0.3 is 5.32 Å². The van der Waals surface area contributed by atoms with Gasteiger partial charge in [-0.2, -0.15) is 0 Å². The molecular weight excluding hydrogens is 238 g/mol. The fourth-order valence-electron chi connectivity index (χ4n) is 1.61. The van der Waals surface area contributed by atoms with Gasteiger partial charge >= 0.3 is 0 Å². The van der Waals surface area contributed by atoms with Crippen molar-refractivity contribution in [1.29, 1.82) is 0 Å². The Morgan fingerprint density at radius 2 is 2.19 bits per heavy atom. The van der Waals surface area contributed by atoms with Crippen LogP contribution in [0.1, 0.15) is 32.3 Å². The van der Waals surface area contributed by atoms with Gasteiger partial charge in [0.1, 0.15) is 0 Å². The predicted molar refractivity (Wildman–Crippen MR) is 72.3 cm³/mol. The summed E-state index contributed by atoms with van der Waals surface area (Å²) in [7, 11) is 0. The molecule has 0 heterocycles. The molecule has 0 saturated heterocycles. The zero-order chi connectivity index (χ0) is 11.5. The highest BCUT2D eigenvalue weighted by Gasteiger charge is 2.21. The van der Waals surface area contributed by atoms with Gasteiger partial charge in [0.2, 0.25) is 0 Å². The van der Waals surface area contributed by atoms with E-state index in [2.05, 4.69) is 25.2 Å². The molecule has 0 radical (unpaired) electrons. The minimum atomic E-state index is 0.596. The molecular formula is C13H18ClNS. The molecule has 1 aliphatic rings. The van der Waals surface area contributed by atoms with Crippen molar-refractivity contribution in [1.82, 2.24) is 5.32 Å². The zero-order valence-electron chi connectivity index (χ0n) is 9.79. The number of halogens is 1. The summed E-state index contributed by atoms with van der Waals surface area (Å²) in [6.45, 7) is 5.33. The Morgan fingerprint density at radius 1 is 1.44 bits per heavy atom. The Kier molecular flexibility index (Phi) is 4.17. The maximum absolute atomic E-state index is 6.26. The smallest absolute Gasteiger partial charge is 0.0462 e. The molecule has 1 N–H and O–H groups in total. The highest BCUT2D eigenvalue weighted by Crippen LogP contribution is 2.31. The van der Waals surface area contributed by atoms with Crippen molar-refractivity contribution >= 4 is 23.4 Å². The summed E-state index contributed by atoms with van der Waals surface area (Å²) in [4.78, 5) is 1.32. The molecule has 3 heteroatoms. The Balaban J connectivity index is 2.10. The molecule has 0 spiro atoms. The summed E-state index contributed by atoms with van der Waals surface area (Å²) in [5, 5.41) is 5.01. The van der Waals surface area contributed by atoms with E-state index in [1.54, 1.807) is 0 Å². The molecule has 0 unspecified atom stereocenters. The molecule has 2 rings (SSSR count). The molecule has 0 aromatic heterocycles. The minimum absolute atomic E-state index is 0.596. The molecule has 0 atom stereocenters. The van der Waals surface area contributed by atoms with Gasteiger partial charge in [-0.05, 0) is 30.5 Å². The number of hydrogen-bond donors (Lipinski definition) is 1. The van der Waals surface area contributed by atoms with Gasteiger partial charge in [-0.25, -0.2) is 0 Å². The lowest BCUT2D eigenvalue weighted by Gasteiger charge is -2.13. The summed E-state index contributed by atoms with van der Waals surface area (Å²) < 4.78 is 0. The molecule has 1 saturated carbocycles. The third kappa shape index (κ3) is 3.41. The van der Waals surface area contributed by atoms with E-state index in [9.17, 15) is 0 Å². The van der Waals surface area contributed by atoms with Crippen LogP contribution < -0.4 is 5.32 Å². The zero-order valence-corrected chi connectivity index (χ0v) is 11.4. The Bertz CT molecular complexity index is 361. The largest absolute Gasteiger partial charge is 0.310 e. The molecule has 16 heavy (non-hydrogen) atoms. The minimum Gasteiger partial charge on any atom is -0.310 e. The molecule has 1 aromatic carbocycles. The number of hydrogen-bond acceptors (Lipinski definition) is 2. The Morgan fingerprint density at radius 3 is 2.81 bits per heavy atom. The van der Waals surface area contributed by atoms with E-state index in [1.807, 2.05) is 23.9 Å². The summed E-state index contributed by atoms with van der Waals surface area (Å²) in [5.74, 6) is 0. The molecule has 1 nitrogen and oxygen atoms in total. The molecule has 0 bridgehead atoms. The fraction of sp³-hybridized carbons (Fsp3) is 0.538. The second kappa shape index (κ2) is 5.44. The predicted octanol–water partition coefficient (Wildman–Crippen LogP) is 4.09. The van der Waals surface area contributed by atoms with E-state index in [-0.39, 0.29) is 0 Å². The molecule has 1 aliphatic carbocycles. The van der Waals surface area contributed by atoms with E-state index in [0.29, 0.717) is 5.25 Å². The number of thioether (sulfide) groups is 1. The third-order valence-electron chi connectivity index (χ3n) is 2.58.